The van der Waals surface area contributed by atoms with Gasteiger partial charge in [0, 0.05) is 29.7 Å². The summed E-state index contributed by atoms with van der Waals surface area (Å²) in [4.78, 5) is 27.2. The van der Waals surface area contributed by atoms with Crippen LogP contribution in [0.3, 0.4) is 0 Å². The summed E-state index contributed by atoms with van der Waals surface area (Å²) < 4.78 is 15.9. The molecule has 2 aromatic carbocycles. The minimum absolute atomic E-state index is 0.141. The van der Waals surface area contributed by atoms with Crippen LogP contribution in [0.2, 0.25) is 0 Å². The molecule has 7 nitrogen and oxygen atoms in total. The van der Waals surface area contributed by atoms with Gasteiger partial charge in [-0.05, 0) is 36.8 Å². The van der Waals surface area contributed by atoms with Crippen LogP contribution in [0.25, 0.3) is 11.0 Å². The Kier molecular flexibility index (Phi) is 5.72. The molecule has 1 N–H and O–H groups in total. The molecule has 0 radical (unpaired) electrons. The van der Waals surface area contributed by atoms with E-state index in [2.05, 4.69) is 10.2 Å². The zero-order valence-electron chi connectivity index (χ0n) is 17.1. The van der Waals surface area contributed by atoms with Crippen molar-refractivity contribution >= 4 is 34.2 Å². The second-order valence-corrected chi connectivity index (χ2v) is 7.31. The number of aryl methyl sites for hydroxylation is 1. The summed E-state index contributed by atoms with van der Waals surface area (Å²) >= 11 is 0. The van der Waals surface area contributed by atoms with Gasteiger partial charge < -0.3 is 24.1 Å². The van der Waals surface area contributed by atoms with Gasteiger partial charge in [0.05, 0.1) is 44.3 Å². The van der Waals surface area contributed by atoms with Gasteiger partial charge in [-0.2, -0.15) is 0 Å². The number of hydrogen-bond acceptors (Lipinski definition) is 6. The lowest BCUT2D eigenvalue weighted by Crippen LogP contribution is -2.36. The quantitative estimate of drug-likeness (QED) is 0.651. The highest BCUT2D eigenvalue weighted by atomic mass is 16.5. The molecule has 1 aliphatic rings. The van der Waals surface area contributed by atoms with Crippen molar-refractivity contribution in [3.8, 4) is 0 Å². The Bertz CT molecular complexity index is 1080. The van der Waals surface area contributed by atoms with E-state index in [1.807, 2.05) is 31.2 Å². The van der Waals surface area contributed by atoms with E-state index in [4.69, 9.17) is 13.9 Å². The van der Waals surface area contributed by atoms with Crippen LogP contribution in [0.4, 0.5) is 11.4 Å². The normalized spacial score (nSPS) is 14.0. The Morgan fingerprint density at radius 1 is 1.13 bits per heavy atom. The third-order valence-electron chi connectivity index (χ3n) is 5.22. The highest BCUT2D eigenvalue weighted by molar-refractivity contribution is 6.03. The minimum Gasteiger partial charge on any atom is -0.465 e. The highest BCUT2D eigenvalue weighted by Crippen LogP contribution is 2.26. The van der Waals surface area contributed by atoms with Crippen molar-refractivity contribution < 1.29 is 23.5 Å². The fourth-order valence-electron chi connectivity index (χ4n) is 3.63. The average molecular weight is 408 g/mol. The molecule has 0 spiro atoms. The number of nitrogens with zero attached hydrogens (tertiary/aromatic N) is 1. The molecule has 0 aliphatic carbocycles. The lowest BCUT2D eigenvalue weighted by molar-refractivity contribution is -0.115. The molecule has 1 aromatic heterocycles. The first-order valence-corrected chi connectivity index (χ1v) is 9.87. The topological polar surface area (TPSA) is 81.0 Å². The molecule has 0 unspecified atom stereocenters. The van der Waals surface area contributed by atoms with E-state index < -0.39 is 5.97 Å². The summed E-state index contributed by atoms with van der Waals surface area (Å²) in [6, 6.07) is 11.3. The van der Waals surface area contributed by atoms with Gasteiger partial charge in [0.1, 0.15) is 5.58 Å². The third-order valence-corrected chi connectivity index (χ3v) is 5.22. The van der Waals surface area contributed by atoms with E-state index in [1.54, 1.807) is 18.4 Å². The van der Waals surface area contributed by atoms with Crippen LogP contribution >= 0.6 is 0 Å². The van der Waals surface area contributed by atoms with Gasteiger partial charge in [-0.3, -0.25) is 4.79 Å². The average Bonchev–Trinajstić information content (AvgIpc) is 3.15. The van der Waals surface area contributed by atoms with Crippen LogP contribution < -0.4 is 10.2 Å². The molecule has 1 saturated heterocycles. The van der Waals surface area contributed by atoms with Crippen molar-refractivity contribution in [2.24, 2.45) is 0 Å². The fourth-order valence-corrected chi connectivity index (χ4v) is 3.63. The van der Waals surface area contributed by atoms with Crippen LogP contribution in [-0.4, -0.2) is 45.3 Å². The maximum atomic E-state index is 12.7. The summed E-state index contributed by atoms with van der Waals surface area (Å²) in [5.41, 5.74) is 4.29. The van der Waals surface area contributed by atoms with Crippen molar-refractivity contribution in [3.63, 3.8) is 0 Å². The molecule has 4 rings (SSSR count). The molecular formula is C23H24N2O5. The van der Waals surface area contributed by atoms with E-state index in [0.717, 1.165) is 40.9 Å². The maximum absolute atomic E-state index is 12.7. The summed E-state index contributed by atoms with van der Waals surface area (Å²) in [5.74, 6) is -0.729. The number of carbonyl (C=O) groups is 2. The zero-order valence-corrected chi connectivity index (χ0v) is 17.1. The maximum Gasteiger partial charge on any atom is 0.340 e. The van der Waals surface area contributed by atoms with Crippen molar-refractivity contribution in [2.75, 3.05) is 43.6 Å². The van der Waals surface area contributed by atoms with Gasteiger partial charge in [-0.25, -0.2) is 4.79 Å². The van der Waals surface area contributed by atoms with E-state index in [1.165, 1.54) is 7.11 Å². The molecule has 156 valence electrons. The Morgan fingerprint density at radius 3 is 2.70 bits per heavy atom. The van der Waals surface area contributed by atoms with Crippen molar-refractivity contribution in [1.82, 2.24) is 0 Å². The summed E-state index contributed by atoms with van der Waals surface area (Å²) in [7, 11) is 1.33. The Morgan fingerprint density at radius 2 is 1.93 bits per heavy atom. The lowest BCUT2D eigenvalue weighted by atomic mass is 10.1. The number of fused-ring (bicyclic) bond motifs is 1. The number of morpholine rings is 1. The first kappa shape index (κ1) is 20.0. The van der Waals surface area contributed by atoms with E-state index >= 15 is 0 Å². The van der Waals surface area contributed by atoms with Crippen LogP contribution in [0.5, 0.6) is 0 Å². The largest absolute Gasteiger partial charge is 0.465 e. The lowest BCUT2D eigenvalue weighted by Gasteiger charge is -2.29. The fraction of sp³-hybridized carbons (Fsp3) is 0.304. The molecule has 0 atom stereocenters. The predicted molar refractivity (Wildman–Crippen MR) is 114 cm³/mol. The Balaban J connectivity index is 1.54. The highest BCUT2D eigenvalue weighted by Gasteiger charge is 2.19. The summed E-state index contributed by atoms with van der Waals surface area (Å²) in [5, 5.41) is 3.75. The smallest absolute Gasteiger partial charge is 0.340 e. The van der Waals surface area contributed by atoms with Crippen LogP contribution in [0.15, 0.2) is 47.1 Å². The van der Waals surface area contributed by atoms with Gasteiger partial charge >= 0.3 is 5.97 Å². The molecule has 3 aromatic rings. The van der Waals surface area contributed by atoms with Crippen LogP contribution in [0, 0.1) is 6.92 Å². The van der Waals surface area contributed by atoms with Crippen molar-refractivity contribution in [2.45, 2.75) is 13.3 Å². The van der Waals surface area contributed by atoms with Crippen molar-refractivity contribution in [3.05, 3.63) is 59.4 Å². The van der Waals surface area contributed by atoms with E-state index in [-0.39, 0.29) is 12.3 Å². The molecule has 2 heterocycles. The number of amides is 1. The SMILES string of the molecule is COC(=O)c1cc(N2CCOCC2)ccc1NC(=O)Cc1coc2cc(C)ccc12. The van der Waals surface area contributed by atoms with Gasteiger partial charge in [0.2, 0.25) is 5.91 Å². The first-order valence-electron chi connectivity index (χ1n) is 9.87. The summed E-state index contributed by atoms with van der Waals surface area (Å²) in [6.45, 7) is 4.77. The van der Waals surface area contributed by atoms with Crippen LogP contribution in [-0.2, 0) is 20.7 Å². The first-order chi connectivity index (χ1) is 14.5. The number of carbonyl (C=O) groups excluding carboxylic acids is 2. The molecular weight excluding hydrogens is 384 g/mol. The number of benzene rings is 2. The second-order valence-electron chi connectivity index (χ2n) is 7.31. The monoisotopic (exact) mass is 408 g/mol. The van der Waals surface area contributed by atoms with Gasteiger partial charge in [0.25, 0.3) is 0 Å². The number of furan rings is 1. The molecule has 30 heavy (non-hydrogen) atoms. The van der Waals surface area contributed by atoms with E-state index in [9.17, 15) is 9.59 Å². The Hall–Kier alpha value is -3.32. The summed E-state index contributed by atoms with van der Waals surface area (Å²) in [6.07, 6.45) is 1.74. The molecule has 1 amide bonds. The molecule has 0 bridgehead atoms. The minimum atomic E-state index is -0.496. The van der Waals surface area contributed by atoms with Gasteiger partial charge in [-0.1, -0.05) is 12.1 Å². The number of nitrogens with one attached hydrogen (secondary N) is 1. The Labute approximate surface area is 174 Å². The molecule has 7 heteroatoms. The number of rotatable bonds is 5. The molecule has 1 fully saturated rings. The third kappa shape index (κ3) is 4.16. The number of methoxy groups -OCH3 is 1. The zero-order chi connectivity index (χ0) is 21.1. The van der Waals surface area contributed by atoms with E-state index in [0.29, 0.717) is 24.5 Å². The van der Waals surface area contributed by atoms with Crippen LogP contribution in [0.1, 0.15) is 21.5 Å². The molecule has 1 aliphatic heterocycles. The standard InChI is InChI=1S/C23H24N2O5/c1-15-3-5-18-16(14-30-21(18)11-15)12-22(26)24-20-6-4-17(13-19(20)23(27)28-2)25-7-9-29-10-8-25/h3-6,11,13-14H,7-10,12H2,1-2H3,(H,24,26). The number of ether oxygens (including phenoxy) is 2. The predicted octanol–water partition coefficient (Wildman–Crippen LogP) is 3.55. The van der Waals surface area contributed by atoms with Gasteiger partial charge in [0.15, 0.2) is 0 Å². The number of anilines is 2. The van der Waals surface area contributed by atoms with Crippen molar-refractivity contribution in [1.29, 1.82) is 0 Å². The number of hydrogen-bond donors (Lipinski definition) is 1. The second kappa shape index (κ2) is 8.59. The number of esters is 1. The van der Waals surface area contributed by atoms with Gasteiger partial charge in [-0.15, -0.1) is 0 Å². The molecule has 0 saturated carbocycles.